The molecule has 2 aliphatic heterocycles. The van der Waals surface area contributed by atoms with E-state index in [1.807, 2.05) is 12.3 Å². The Morgan fingerprint density at radius 1 is 1.10 bits per heavy atom. The number of benzene rings is 1. The average Bonchev–Trinajstić information content (AvgIpc) is 2.79. The molecule has 4 rings (SSSR count). The van der Waals surface area contributed by atoms with Gasteiger partial charge >= 0.3 is 0 Å². The van der Waals surface area contributed by atoms with Crippen LogP contribution in [0.4, 0.5) is 11.4 Å². The van der Waals surface area contributed by atoms with Gasteiger partial charge in [-0.2, -0.15) is 5.10 Å². The highest BCUT2D eigenvalue weighted by Gasteiger charge is 2.22. The summed E-state index contributed by atoms with van der Waals surface area (Å²) in [4.78, 5) is 11.4. The zero-order valence-electron chi connectivity index (χ0n) is 17.1. The Morgan fingerprint density at radius 2 is 1.86 bits per heavy atom. The van der Waals surface area contributed by atoms with E-state index in [0.29, 0.717) is 5.11 Å². The van der Waals surface area contributed by atoms with Crippen molar-refractivity contribution in [2.24, 2.45) is 5.10 Å². The van der Waals surface area contributed by atoms with Crippen molar-refractivity contribution in [2.45, 2.75) is 19.8 Å². The minimum atomic E-state index is 0.690. The molecule has 3 heterocycles. The number of hydrogen-bond acceptors (Lipinski definition) is 5. The molecule has 1 N–H and O–H groups in total. The number of hydrazone groups is 1. The number of aromatic nitrogens is 1. The highest BCUT2D eigenvalue weighted by Crippen LogP contribution is 2.23. The van der Waals surface area contributed by atoms with Crippen molar-refractivity contribution in [3.63, 3.8) is 0 Å². The number of fused-ring (bicyclic) bond motifs is 1. The van der Waals surface area contributed by atoms with Crippen LogP contribution in [-0.2, 0) is 6.42 Å². The molecule has 29 heavy (non-hydrogen) atoms. The second kappa shape index (κ2) is 8.78. The standard InChI is InChI=1S/C22H28N6S/c1-3-17-6-8-18(9-7-17)27-13-15-28(16-14-27)22(29)25-24-19-10-12-26(2)20-5-4-11-23-21(19)20/h4-9,11H,3,10,12-16H2,1-2H3,(H,25,29)/b24-19-. The van der Waals surface area contributed by atoms with Crippen LogP contribution in [0, 0.1) is 0 Å². The molecule has 1 aromatic heterocycles. The lowest BCUT2D eigenvalue weighted by Gasteiger charge is -2.37. The number of anilines is 2. The highest BCUT2D eigenvalue weighted by atomic mass is 32.1. The highest BCUT2D eigenvalue weighted by molar-refractivity contribution is 7.80. The molecule has 2 aliphatic rings. The van der Waals surface area contributed by atoms with E-state index in [2.05, 4.69) is 74.5 Å². The molecule has 6 nitrogen and oxygen atoms in total. The van der Waals surface area contributed by atoms with E-state index in [1.165, 1.54) is 11.3 Å². The van der Waals surface area contributed by atoms with Crippen LogP contribution in [0.3, 0.4) is 0 Å². The normalized spacial score (nSPS) is 18.0. The first kappa shape index (κ1) is 19.6. The van der Waals surface area contributed by atoms with E-state index in [1.54, 1.807) is 0 Å². The van der Waals surface area contributed by atoms with E-state index in [-0.39, 0.29) is 0 Å². The van der Waals surface area contributed by atoms with E-state index in [9.17, 15) is 0 Å². The molecule has 7 heteroatoms. The molecule has 2 aromatic rings. The van der Waals surface area contributed by atoms with Gasteiger partial charge in [0.15, 0.2) is 5.11 Å². The second-order valence-corrected chi connectivity index (χ2v) is 7.90. The Labute approximate surface area is 178 Å². The van der Waals surface area contributed by atoms with Crippen molar-refractivity contribution in [1.82, 2.24) is 15.3 Å². The van der Waals surface area contributed by atoms with Crippen LogP contribution in [-0.4, -0.2) is 60.5 Å². The lowest BCUT2D eigenvalue weighted by Crippen LogP contribution is -2.51. The number of hydrogen-bond donors (Lipinski definition) is 1. The lowest BCUT2D eigenvalue weighted by molar-refractivity contribution is 0.381. The van der Waals surface area contributed by atoms with Crippen LogP contribution in [0.15, 0.2) is 47.7 Å². The van der Waals surface area contributed by atoms with Crippen LogP contribution in [0.2, 0.25) is 0 Å². The summed E-state index contributed by atoms with van der Waals surface area (Å²) in [5.41, 5.74) is 8.81. The first-order valence-corrected chi connectivity index (χ1v) is 10.7. The summed E-state index contributed by atoms with van der Waals surface area (Å²) in [5, 5.41) is 5.30. The molecule has 0 spiro atoms. The van der Waals surface area contributed by atoms with Crippen molar-refractivity contribution >= 4 is 34.4 Å². The van der Waals surface area contributed by atoms with Gasteiger partial charge < -0.3 is 14.7 Å². The molecule has 152 valence electrons. The second-order valence-electron chi connectivity index (χ2n) is 7.51. The Hall–Kier alpha value is -2.67. The Balaban J connectivity index is 1.34. The number of rotatable bonds is 3. The number of pyridine rings is 1. The minimum absolute atomic E-state index is 0.690. The smallest absolute Gasteiger partial charge is 0.189 e. The van der Waals surface area contributed by atoms with Gasteiger partial charge in [0.25, 0.3) is 0 Å². The van der Waals surface area contributed by atoms with Crippen LogP contribution >= 0.6 is 12.2 Å². The predicted octanol–water partition coefficient (Wildman–Crippen LogP) is 2.88. The SMILES string of the molecule is CCc1ccc(N2CCN(C(=S)N/N=C3/CCN(C)c4cccnc43)CC2)cc1. The molecule has 1 saturated heterocycles. The zero-order chi connectivity index (χ0) is 20.2. The number of piperazine rings is 1. The van der Waals surface area contributed by atoms with Crippen molar-refractivity contribution in [1.29, 1.82) is 0 Å². The van der Waals surface area contributed by atoms with E-state index in [4.69, 9.17) is 12.2 Å². The summed E-state index contributed by atoms with van der Waals surface area (Å²) in [6.45, 7) is 6.82. The van der Waals surface area contributed by atoms with Gasteiger partial charge in [0.2, 0.25) is 0 Å². The molecule has 0 radical (unpaired) electrons. The number of thiocarbonyl (C=S) groups is 1. The summed E-state index contributed by atoms with van der Waals surface area (Å²) >= 11 is 5.61. The molecule has 0 atom stereocenters. The summed E-state index contributed by atoms with van der Waals surface area (Å²) in [5.74, 6) is 0. The van der Waals surface area contributed by atoms with E-state index < -0.39 is 0 Å². The number of nitrogens with one attached hydrogen (secondary N) is 1. The molecule has 0 aliphatic carbocycles. The van der Waals surface area contributed by atoms with Crippen molar-refractivity contribution in [2.75, 3.05) is 49.6 Å². The summed E-state index contributed by atoms with van der Waals surface area (Å²) in [6.07, 6.45) is 3.75. The molecule has 0 saturated carbocycles. The van der Waals surface area contributed by atoms with Gasteiger partial charge in [0.05, 0.1) is 11.4 Å². The van der Waals surface area contributed by atoms with E-state index in [0.717, 1.165) is 62.7 Å². The topological polar surface area (TPSA) is 47.0 Å². The zero-order valence-corrected chi connectivity index (χ0v) is 18.0. The first-order chi connectivity index (χ1) is 14.2. The molecular weight excluding hydrogens is 380 g/mol. The lowest BCUT2D eigenvalue weighted by atomic mass is 10.1. The van der Waals surface area contributed by atoms with Crippen LogP contribution in [0.5, 0.6) is 0 Å². The minimum Gasteiger partial charge on any atom is -0.372 e. The molecular formula is C22H28N6S. The molecule has 1 aromatic carbocycles. The third kappa shape index (κ3) is 4.34. The summed E-state index contributed by atoms with van der Waals surface area (Å²) < 4.78 is 0. The van der Waals surface area contributed by atoms with Gasteiger partial charge in [-0.15, -0.1) is 0 Å². The van der Waals surface area contributed by atoms with Gasteiger partial charge in [-0.3, -0.25) is 10.4 Å². The summed E-state index contributed by atoms with van der Waals surface area (Å²) in [7, 11) is 2.09. The fraction of sp³-hybridized carbons (Fsp3) is 0.409. The van der Waals surface area contributed by atoms with Crippen LogP contribution in [0.1, 0.15) is 24.6 Å². The van der Waals surface area contributed by atoms with Crippen LogP contribution in [0.25, 0.3) is 0 Å². The third-order valence-electron chi connectivity index (χ3n) is 5.72. The summed E-state index contributed by atoms with van der Waals surface area (Å²) in [6, 6.07) is 12.9. The maximum atomic E-state index is 5.61. The number of aryl methyl sites for hydroxylation is 1. The Kier molecular flexibility index (Phi) is 5.94. The monoisotopic (exact) mass is 408 g/mol. The Morgan fingerprint density at radius 3 is 2.59 bits per heavy atom. The molecule has 0 bridgehead atoms. The fourth-order valence-electron chi connectivity index (χ4n) is 3.84. The van der Waals surface area contributed by atoms with Gasteiger partial charge in [-0.25, -0.2) is 0 Å². The van der Waals surface area contributed by atoms with Crippen molar-refractivity contribution in [3.05, 3.63) is 53.9 Å². The largest absolute Gasteiger partial charge is 0.372 e. The number of nitrogens with zero attached hydrogens (tertiary/aromatic N) is 5. The maximum absolute atomic E-state index is 5.61. The van der Waals surface area contributed by atoms with E-state index >= 15 is 0 Å². The fourth-order valence-corrected chi connectivity index (χ4v) is 4.07. The third-order valence-corrected chi connectivity index (χ3v) is 6.07. The Bertz CT molecular complexity index is 886. The molecule has 0 amide bonds. The molecule has 0 unspecified atom stereocenters. The van der Waals surface area contributed by atoms with Crippen LogP contribution < -0.4 is 15.2 Å². The van der Waals surface area contributed by atoms with Crippen molar-refractivity contribution in [3.8, 4) is 0 Å². The van der Waals surface area contributed by atoms with Gasteiger partial charge in [0, 0.05) is 58.1 Å². The average molecular weight is 409 g/mol. The van der Waals surface area contributed by atoms with Gasteiger partial charge in [-0.1, -0.05) is 19.1 Å². The maximum Gasteiger partial charge on any atom is 0.189 e. The first-order valence-electron chi connectivity index (χ1n) is 10.3. The van der Waals surface area contributed by atoms with Crippen molar-refractivity contribution < 1.29 is 0 Å². The van der Waals surface area contributed by atoms with Gasteiger partial charge in [0.1, 0.15) is 5.69 Å². The van der Waals surface area contributed by atoms with Gasteiger partial charge in [-0.05, 0) is 48.5 Å². The quantitative estimate of drug-likeness (QED) is 0.623. The molecule has 1 fully saturated rings. The predicted molar refractivity (Wildman–Crippen MR) is 124 cm³/mol.